The Morgan fingerprint density at radius 2 is 1.61 bits per heavy atom. The Morgan fingerprint density at radius 1 is 0.944 bits per heavy atom. The van der Waals surface area contributed by atoms with Gasteiger partial charge in [0, 0.05) is 39.3 Å². The van der Waals surface area contributed by atoms with Crippen LogP contribution in [0.3, 0.4) is 0 Å². The molecule has 1 heterocycles. The average Bonchev–Trinajstić information content (AvgIpc) is 2.35. The Labute approximate surface area is 112 Å². The van der Waals surface area contributed by atoms with Gasteiger partial charge in [-0.1, -0.05) is 6.92 Å². The second kappa shape index (κ2) is 7.46. The van der Waals surface area contributed by atoms with Gasteiger partial charge in [-0.15, -0.1) is 0 Å². The average molecular weight is 254 g/mol. The van der Waals surface area contributed by atoms with Gasteiger partial charge in [-0.2, -0.15) is 0 Å². The highest BCUT2D eigenvalue weighted by Gasteiger charge is 2.28. The summed E-state index contributed by atoms with van der Waals surface area (Å²) < 4.78 is 0. The minimum atomic E-state index is 0.355. The molecule has 0 amide bonds. The third-order valence-corrected chi connectivity index (χ3v) is 4.59. The van der Waals surface area contributed by atoms with Crippen molar-refractivity contribution in [2.24, 2.45) is 11.8 Å². The molecular formula is C15H30N2O. The lowest BCUT2D eigenvalue weighted by molar-refractivity contribution is 0.0825. The van der Waals surface area contributed by atoms with Crippen molar-refractivity contribution in [3.05, 3.63) is 0 Å². The SMILES string of the molecule is CC1CC(CN2CCN(CCCCCO)CC2)C1. The first kappa shape index (κ1) is 14.3. The first-order valence-electron chi connectivity index (χ1n) is 7.83. The van der Waals surface area contributed by atoms with Crippen LogP contribution in [0.5, 0.6) is 0 Å². The molecule has 2 rings (SSSR count). The van der Waals surface area contributed by atoms with Crippen LogP contribution in [0.2, 0.25) is 0 Å². The molecule has 2 fully saturated rings. The van der Waals surface area contributed by atoms with Crippen molar-refractivity contribution in [2.75, 3.05) is 45.9 Å². The summed E-state index contributed by atoms with van der Waals surface area (Å²) in [6.45, 7) is 10.4. The predicted molar refractivity (Wildman–Crippen MR) is 75.7 cm³/mol. The zero-order valence-corrected chi connectivity index (χ0v) is 12.0. The molecule has 1 aliphatic carbocycles. The van der Waals surface area contributed by atoms with Gasteiger partial charge in [-0.3, -0.25) is 0 Å². The fourth-order valence-corrected chi connectivity index (χ4v) is 3.40. The van der Waals surface area contributed by atoms with Crippen molar-refractivity contribution >= 4 is 0 Å². The summed E-state index contributed by atoms with van der Waals surface area (Å²) in [4.78, 5) is 5.26. The van der Waals surface area contributed by atoms with E-state index in [1.807, 2.05) is 0 Å². The summed E-state index contributed by atoms with van der Waals surface area (Å²) in [6.07, 6.45) is 6.32. The first-order valence-corrected chi connectivity index (χ1v) is 7.83. The van der Waals surface area contributed by atoms with E-state index in [2.05, 4.69) is 16.7 Å². The molecule has 1 saturated heterocycles. The maximum Gasteiger partial charge on any atom is 0.0431 e. The lowest BCUT2D eigenvalue weighted by Crippen LogP contribution is -2.49. The number of hydrogen-bond acceptors (Lipinski definition) is 3. The van der Waals surface area contributed by atoms with Crippen molar-refractivity contribution in [3.8, 4) is 0 Å². The van der Waals surface area contributed by atoms with E-state index in [-0.39, 0.29) is 0 Å². The molecule has 2 aliphatic rings. The maximum atomic E-state index is 8.75. The van der Waals surface area contributed by atoms with Gasteiger partial charge in [0.15, 0.2) is 0 Å². The molecule has 3 heteroatoms. The number of hydrogen-bond donors (Lipinski definition) is 1. The quantitative estimate of drug-likeness (QED) is 0.702. The second-order valence-electron chi connectivity index (χ2n) is 6.37. The molecule has 1 N–H and O–H groups in total. The summed E-state index contributed by atoms with van der Waals surface area (Å²) in [6, 6.07) is 0. The number of aliphatic hydroxyl groups excluding tert-OH is 1. The van der Waals surface area contributed by atoms with Crippen molar-refractivity contribution in [3.63, 3.8) is 0 Å². The minimum Gasteiger partial charge on any atom is -0.396 e. The topological polar surface area (TPSA) is 26.7 Å². The van der Waals surface area contributed by atoms with Gasteiger partial charge >= 0.3 is 0 Å². The van der Waals surface area contributed by atoms with E-state index in [1.165, 1.54) is 65.0 Å². The van der Waals surface area contributed by atoms with E-state index in [9.17, 15) is 0 Å². The smallest absolute Gasteiger partial charge is 0.0431 e. The van der Waals surface area contributed by atoms with Crippen LogP contribution in [-0.2, 0) is 0 Å². The Bertz CT molecular complexity index is 221. The summed E-state index contributed by atoms with van der Waals surface area (Å²) in [5, 5.41) is 8.75. The highest BCUT2D eigenvalue weighted by Crippen LogP contribution is 2.33. The molecule has 18 heavy (non-hydrogen) atoms. The van der Waals surface area contributed by atoms with Crippen LogP contribution >= 0.6 is 0 Å². The number of rotatable bonds is 7. The lowest BCUT2D eigenvalue weighted by atomic mass is 9.76. The van der Waals surface area contributed by atoms with Gasteiger partial charge in [0.1, 0.15) is 0 Å². The molecule has 0 radical (unpaired) electrons. The highest BCUT2D eigenvalue weighted by atomic mass is 16.2. The van der Waals surface area contributed by atoms with Crippen molar-refractivity contribution in [1.82, 2.24) is 9.80 Å². The van der Waals surface area contributed by atoms with Gasteiger partial charge < -0.3 is 14.9 Å². The molecular weight excluding hydrogens is 224 g/mol. The standard InChI is InChI=1S/C15H30N2O/c1-14-11-15(12-14)13-17-8-6-16(7-9-17)5-3-2-4-10-18/h14-15,18H,2-13H2,1H3. The minimum absolute atomic E-state index is 0.355. The number of nitrogens with zero attached hydrogens (tertiary/aromatic N) is 2. The van der Waals surface area contributed by atoms with Crippen molar-refractivity contribution in [2.45, 2.75) is 39.0 Å². The Kier molecular flexibility index (Phi) is 5.93. The van der Waals surface area contributed by atoms with E-state index >= 15 is 0 Å². The third kappa shape index (κ3) is 4.52. The fourth-order valence-electron chi connectivity index (χ4n) is 3.40. The molecule has 3 nitrogen and oxygen atoms in total. The number of unbranched alkanes of at least 4 members (excludes halogenated alkanes) is 2. The van der Waals surface area contributed by atoms with Crippen molar-refractivity contribution < 1.29 is 5.11 Å². The monoisotopic (exact) mass is 254 g/mol. The zero-order chi connectivity index (χ0) is 12.8. The number of piperazine rings is 1. The second-order valence-corrected chi connectivity index (χ2v) is 6.37. The van der Waals surface area contributed by atoms with Crippen LogP contribution in [0, 0.1) is 11.8 Å². The van der Waals surface area contributed by atoms with Gasteiger partial charge in [0.2, 0.25) is 0 Å². The van der Waals surface area contributed by atoms with Crippen LogP contribution in [0.1, 0.15) is 39.0 Å². The Hall–Kier alpha value is -0.120. The van der Waals surface area contributed by atoms with Crippen LogP contribution < -0.4 is 0 Å². The summed E-state index contributed by atoms with van der Waals surface area (Å²) in [5.74, 6) is 1.99. The van der Waals surface area contributed by atoms with Crippen LogP contribution in [-0.4, -0.2) is 60.8 Å². The summed E-state index contributed by atoms with van der Waals surface area (Å²) in [5.41, 5.74) is 0. The normalized spacial score (nSPS) is 30.3. The van der Waals surface area contributed by atoms with Gasteiger partial charge in [0.25, 0.3) is 0 Å². The zero-order valence-electron chi connectivity index (χ0n) is 12.0. The molecule has 0 aromatic heterocycles. The van der Waals surface area contributed by atoms with Crippen LogP contribution in [0.25, 0.3) is 0 Å². The molecule has 1 aliphatic heterocycles. The largest absolute Gasteiger partial charge is 0.396 e. The van der Waals surface area contributed by atoms with Crippen molar-refractivity contribution in [1.29, 1.82) is 0 Å². The predicted octanol–water partition coefficient (Wildman–Crippen LogP) is 1.81. The molecule has 0 aromatic carbocycles. The van der Waals surface area contributed by atoms with E-state index in [0.717, 1.165) is 18.3 Å². The molecule has 0 atom stereocenters. The van der Waals surface area contributed by atoms with Gasteiger partial charge in [-0.05, 0) is 50.5 Å². The summed E-state index contributed by atoms with van der Waals surface area (Å²) >= 11 is 0. The molecule has 1 saturated carbocycles. The highest BCUT2D eigenvalue weighted by molar-refractivity contribution is 4.81. The summed E-state index contributed by atoms with van der Waals surface area (Å²) in [7, 11) is 0. The fraction of sp³-hybridized carbons (Fsp3) is 1.00. The number of aliphatic hydroxyl groups is 1. The molecule has 0 aromatic rings. The van der Waals surface area contributed by atoms with Crippen LogP contribution in [0.15, 0.2) is 0 Å². The lowest BCUT2D eigenvalue weighted by Gasteiger charge is -2.40. The third-order valence-electron chi connectivity index (χ3n) is 4.59. The Balaban J connectivity index is 1.51. The molecule has 0 bridgehead atoms. The first-order chi connectivity index (χ1) is 8.78. The van der Waals surface area contributed by atoms with E-state index in [1.54, 1.807) is 0 Å². The maximum absolute atomic E-state index is 8.75. The molecule has 106 valence electrons. The molecule has 0 spiro atoms. The van der Waals surface area contributed by atoms with Gasteiger partial charge in [0.05, 0.1) is 0 Å². The molecule has 0 unspecified atom stereocenters. The van der Waals surface area contributed by atoms with E-state index in [0.29, 0.717) is 6.61 Å². The van der Waals surface area contributed by atoms with Gasteiger partial charge in [-0.25, -0.2) is 0 Å². The van der Waals surface area contributed by atoms with Crippen LogP contribution in [0.4, 0.5) is 0 Å². The van der Waals surface area contributed by atoms with E-state index < -0.39 is 0 Å². The van der Waals surface area contributed by atoms with E-state index in [4.69, 9.17) is 5.11 Å². The Morgan fingerprint density at radius 3 is 2.22 bits per heavy atom.